The molecule has 5 aliphatic heterocycles. The molecule has 0 bridgehead atoms. The molecule has 5 aromatic heterocycles. The van der Waals surface area contributed by atoms with Crippen LogP contribution in [0.15, 0.2) is 157 Å². The number of carbonyl (C=O) groups excluding carboxylic acids is 9. The van der Waals surface area contributed by atoms with Crippen molar-refractivity contribution < 1.29 is 112 Å². The molecule has 1 unspecified atom stereocenters. The highest BCUT2D eigenvalue weighted by atomic mass is 19.3. The third-order valence-electron chi connectivity index (χ3n) is 24.8. The largest absolute Gasteiger partial charge is 0.486 e. The van der Waals surface area contributed by atoms with Gasteiger partial charge >= 0.3 is 23.9 Å². The second kappa shape index (κ2) is 44.5. The van der Waals surface area contributed by atoms with Crippen molar-refractivity contribution in [1.29, 1.82) is 26.3 Å². The number of alkyl carbamates (subject to hydrolysis) is 1. The van der Waals surface area contributed by atoms with Crippen LogP contribution < -0.4 is 45.5 Å². The molecule has 5 saturated heterocycles. The predicted molar refractivity (Wildman–Crippen MR) is 492 cm³/mol. The van der Waals surface area contributed by atoms with Crippen molar-refractivity contribution in [3.8, 4) is 98.2 Å². The minimum atomic E-state index is -3.39. The Balaban J connectivity index is 0.000000144. The molecule has 9 fully saturated rings. The van der Waals surface area contributed by atoms with E-state index in [1.807, 2.05) is 25.1 Å². The van der Waals surface area contributed by atoms with Crippen LogP contribution >= 0.6 is 0 Å². The number of amides is 9. The number of likely N-dealkylation sites (tertiary alicyclic amines) is 4. The number of cyclic esters (lactones) is 1. The first-order valence-corrected chi connectivity index (χ1v) is 46.0. The van der Waals surface area contributed by atoms with E-state index in [0.29, 0.717) is 80.3 Å². The number of halogens is 7. The lowest BCUT2D eigenvalue weighted by molar-refractivity contribution is -0.161. The smallest absolute Gasteiger partial charge is 0.407 e. The maximum Gasteiger partial charge on any atom is 0.407 e. The average Bonchev–Trinajstić information content (AvgIpc) is 1.64. The fourth-order valence-corrected chi connectivity index (χ4v) is 16.4. The Bertz CT molecular complexity index is 6570. The number of ether oxygens (including phenoxy) is 5. The number of nitrogens with zero attached hydrogens (tertiary/aromatic N) is 14. The lowest BCUT2D eigenvalue weighted by Gasteiger charge is -2.38. The summed E-state index contributed by atoms with van der Waals surface area (Å²) in [7, 11) is 0. The van der Waals surface area contributed by atoms with Crippen LogP contribution in [0.25, 0.3) is 44.9 Å². The van der Waals surface area contributed by atoms with Crippen LogP contribution in [-0.4, -0.2) is 235 Å². The number of rotatable bonds is 26. The van der Waals surface area contributed by atoms with Crippen molar-refractivity contribution in [3.63, 3.8) is 0 Å². The molecule has 0 spiro atoms. The topological polar surface area (TPSA) is 510 Å². The molecule has 43 heteroatoms. The minimum absolute atomic E-state index is 0.00524. The van der Waals surface area contributed by atoms with Crippen molar-refractivity contribution in [2.24, 2.45) is 23.7 Å². The van der Waals surface area contributed by atoms with E-state index in [1.54, 1.807) is 110 Å². The zero-order valence-electron chi connectivity index (χ0n) is 76.7. The number of carbonyl (C=O) groups is 9. The average molecular weight is 1970 g/mol. The number of piperidine rings is 4. The van der Waals surface area contributed by atoms with E-state index in [1.165, 1.54) is 53.7 Å². The molecule has 7 N–H and O–H groups in total. The number of alkyl halides is 7. The van der Waals surface area contributed by atoms with Crippen LogP contribution in [0.4, 0.5) is 58.4 Å². The van der Waals surface area contributed by atoms with Crippen molar-refractivity contribution >= 4 is 76.2 Å². The van der Waals surface area contributed by atoms with Crippen molar-refractivity contribution in [1.82, 2.24) is 49.8 Å². The van der Waals surface area contributed by atoms with Gasteiger partial charge in [0.05, 0.1) is 90.3 Å². The van der Waals surface area contributed by atoms with Gasteiger partial charge in [-0.15, -0.1) is 0 Å². The lowest BCUT2D eigenvalue weighted by Crippen LogP contribution is -2.58. The molecule has 18 rings (SSSR count). The monoisotopic (exact) mass is 1970 g/mol. The summed E-state index contributed by atoms with van der Waals surface area (Å²) >= 11 is 0. The Morgan fingerprint density at radius 2 is 0.902 bits per heavy atom. The van der Waals surface area contributed by atoms with Crippen LogP contribution in [0.2, 0.25) is 0 Å². The SMILES string of the molecule is Cc1cnc([C@@H]2C[C@H]2C(=O)Nc2cc(-c3ccc(O[C@H]4CCN(C(=O)CO)C[C@H]4F)c(C#N)c3)ccn2)o1.N#CCC(=O)N1CC[C@H](Oc2ccc(-c3cc(NC(=O)C4CC4)ccn3)cc2C#N)C(F)(F)C1.N#Cc1cc(-c2cc(NC(=O)C3CC3)ccn2)ccc1O[C@H]1CCN(C(=O)C2COC(=O)N2)CC1(F)F.N#Cc1cc(-c2cc(NC(=O)C3CC3)ccn2)ccc1O[C@H]1CCN(C(=O)CCO)CC1(F)F. The first kappa shape index (κ1) is 101. The summed E-state index contributed by atoms with van der Waals surface area (Å²) in [5, 5.41) is 78.7. The van der Waals surface area contributed by atoms with Crippen molar-refractivity contribution in [2.45, 2.75) is 151 Å². The first-order valence-electron chi connectivity index (χ1n) is 46.0. The molecule has 0 radical (unpaired) electrons. The Kier molecular flexibility index (Phi) is 31.5. The van der Waals surface area contributed by atoms with Gasteiger partial charge in [-0.05, 0) is 178 Å². The molecule has 4 saturated carbocycles. The number of aliphatic hydroxyl groups is 2. The summed E-state index contributed by atoms with van der Waals surface area (Å²) in [5.41, 5.74) is 6.79. The molecule has 4 aliphatic carbocycles. The van der Waals surface area contributed by atoms with E-state index in [-0.39, 0.29) is 170 Å². The highest BCUT2D eigenvalue weighted by Crippen LogP contribution is 2.48. The van der Waals surface area contributed by atoms with Gasteiger partial charge in [0.1, 0.15) is 90.6 Å². The third kappa shape index (κ3) is 25.7. The van der Waals surface area contributed by atoms with Gasteiger partial charge in [0.15, 0.2) is 30.4 Å². The molecule has 8 atom stereocenters. The number of aryl methyl sites for hydroxylation is 1. The Labute approximate surface area is 813 Å². The molecule has 143 heavy (non-hydrogen) atoms. The van der Waals surface area contributed by atoms with Crippen molar-refractivity contribution in [3.05, 3.63) is 186 Å². The van der Waals surface area contributed by atoms with Crippen LogP contribution in [0, 0.1) is 87.3 Å². The minimum Gasteiger partial charge on any atom is -0.486 e. The maximum atomic E-state index is 15.0. The number of benzene rings is 4. The highest BCUT2D eigenvalue weighted by molar-refractivity contribution is 5.97. The van der Waals surface area contributed by atoms with Gasteiger partial charge < -0.3 is 84.5 Å². The van der Waals surface area contributed by atoms with Gasteiger partial charge in [-0.2, -0.15) is 26.3 Å². The molecule has 36 nitrogen and oxygen atoms in total. The maximum absolute atomic E-state index is 15.0. The second-order valence-corrected chi connectivity index (χ2v) is 35.5. The van der Waals surface area contributed by atoms with E-state index in [2.05, 4.69) is 62.3 Å². The molecule has 9 aliphatic rings. The number of aliphatic hydroxyl groups excluding tert-OH is 2. The standard InChI is InChI=1S/C27H26FN5O5.C25H23F2N5O5.C24H21F2N5O3.C24H24F2N4O4/c1-15-12-31-27(37-15)20-10-19(20)26(36)32-24-9-17(4-6-30-24)16-2-3-22(18(8-16)11-29)38-23-5-7-33(13-21(23)28)25(35)14-34;26-25(27)13-32(23(34)19-12-36-24(35)31-19)8-6-21(25)37-20-4-3-15(9-16(20)11-28)18-10-17(5-7-29-18)30-22(33)14-1-2-14;25-24(26)14-31(22(32)5-8-27)10-7-21(24)34-20-4-3-16(11-17(20)13-28)19-12-18(6-9-29-19)30-23(33)15-1-2-15;25-24(26)14-30(22(32)7-10-31)9-6-21(24)34-20-4-3-16(11-17(20)13-27)19-12-18(5-8-28-19)29-23(33)15-1-2-15/h2-4,6,8-9,12,19-21,23,34H,5,7,10,13-14H2,1H3,(H,30,32,36);3-5,7,9-10,14,19,21H,1-2,6,8,12-13H2,(H,31,35)(H,29,30,33);3-4,6,9,11-12,15,21H,1-2,5,7,10,14H2,(H,29,30,33);3-5,8,11-12,15,21,31H,1-2,6-7,9-10,14H2,(H,28,29,33)/t19-,20-,21-,23+;19?,21-;2*21-/m1000/s1. The van der Waals surface area contributed by atoms with Gasteiger partial charge in [0, 0.05) is 140 Å². The van der Waals surface area contributed by atoms with Crippen LogP contribution in [0.5, 0.6) is 23.0 Å². The number of aromatic nitrogens is 5. The number of anilines is 4. The summed E-state index contributed by atoms with van der Waals surface area (Å²) in [4.78, 5) is 133. The highest BCUT2D eigenvalue weighted by Gasteiger charge is 2.53. The normalized spacial score (nSPS) is 20.8. The van der Waals surface area contributed by atoms with Gasteiger partial charge in [-0.3, -0.25) is 53.3 Å². The van der Waals surface area contributed by atoms with E-state index >= 15 is 0 Å². The Morgan fingerprint density at radius 1 is 0.483 bits per heavy atom. The van der Waals surface area contributed by atoms with E-state index in [0.717, 1.165) is 58.8 Å². The third-order valence-corrected chi connectivity index (χ3v) is 24.8. The predicted octanol–water partition coefficient (Wildman–Crippen LogP) is 12.1. The number of oxazole rings is 1. The van der Waals surface area contributed by atoms with Crippen LogP contribution in [0.1, 0.15) is 123 Å². The molecule has 740 valence electrons. The molecule has 9 amide bonds. The van der Waals surface area contributed by atoms with Gasteiger partial charge in [0.2, 0.25) is 47.3 Å². The number of nitrogens with one attached hydrogen (secondary N) is 5. The van der Waals surface area contributed by atoms with Crippen LogP contribution in [0.3, 0.4) is 0 Å². The zero-order valence-corrected chi connectivity index (χ0v) is 76.7. The quantitative estimate of drug-likeness (QED) is 0.0248. The van der Waals surface area contributed by atoms with E-state index in [4.69, 9.17) is 38.8 Å². The van der Waals surface area contributed by atoms with Gasteiger partial charge in [-0.25, -0.2) is 45.5 Å². The number of hydrogen-bond acceptors (Lipinski definition) is 27. The summed E-state index contributed by atoms with van der Waals surface area (Å²) in [6.07, 6.45) is 5.32. The molecule has 9 aromatic rings. The number of nitriles is 5. The van der Waals surface area contributed by atoms with Gasteiger partial charge in [-0.1, -0.05) is 6.07 Å². The molecular weight excluding hydrogens is 1870 g/mol. The Morgan fingerprint density at radius 3 is 1.31 bits per heavy atom. The van der Waals surface area contributed by atoms with Crippen molar-refractivity contribution in [2.75, 3.05) is 93.4 Å². The first-order chi connectivity index (χ1) is 68.7. The lowest BCUT2D eigenvalue weighted by atomic mass is 10.0. The van der Waals surface area contributed by atoms with E-state index in [9.17, 15) is 94.9 Å². The molecule has 10 heterocycles. The Hall–Kier alpha value is -16.2. The fraction of sp³-hybridized carbons (Fsp3) is 0.390. The second-order valence-electron chi connectivity index (χ2n) is 35.5. The summed E-state index contributed by atoms with van der Waals surface area (Å²) in [5.74, 6) is -10.9. The fourth-order valence-electron chi connectivity index (χ4n) is 16.4. The molecular formula is C100H94F7N19O17. The number of pyridine rings is 4. The summed E-state index contributed by atoms with van der Waals surface area (Å²) in [6.45, 7) is -1.81. The zero-order chi connectivity index (χ0) is 102. The summed E-state index contributed by atoms with van der Waals surface area (Å²) < 4.78 is 136. The van der Waals surface area contributed by atoms with Gasteiger partial charge in [0.25, 0.3) is 0 Å². The van der Waals surface area contributed by atoms with Crippen LogP contribution in [-0.2, 0) is 43.1 Å². The van der Waals surface area contributed by atoms with E-state index < -0.39 is 123 Å². The molecule has 4 aromatic carbocycles. The summed E-state index contributed by atoms with van der Waals surface area (Å²) in [6, 6.07) is 40.8. The number of hydrogen-bond donors (Lipinski definition) is 7.